The zero-order valence-electron chi connectivity index (χ0n) is 25.7. The van der Waals surface area contributed by atoms with Crippen LogP contribution in [0.15, 0.2) is 108 Å². The predicted octanol–water partition coefficient (Wildman–Crippen LogP) is 7.05. The summed E-state index contributed by atoms with van der Waals surface area (Å²) in [6, 6.07) is 28.2. The first-order chi connectivity index (χ1) is 21.2. The molecule has 10 heteroatoms. The highest BCUT2D eigenvalue weighted by Gasteiger charge is 2.35. The van der Waals surface area contributed by atoms with Crippen LogP contribution in [0.3, 0.4) is 0 Å². The summed E-state index contributed by atoms with van der Waals surface area (Å²) in [5, 5.41) is 3.91. The summed E-state index contributed by atoms with van der Waals surface area (Å²) in [5.74, 6) is -0.921. The lowest BCUT2D eigenvalue weighted by Gasteiger charge is -2.35. The van der Waals surface area contributed by atoms with Crippen molar-refractivity contribution in [3.05, 3.63) is 130 Å². The van der Waals surface area contributed by atoms with E-state index in [0.717, 1.165) is 21.0 Å². The van der Waals surface area contributed by atoms with Crippen molar-refractivity contribution in [2.24, 2.45) is 0 Å². The van der Waals surface area contributed by atoms with Crippen molar-refractivity contribution in [1.82, 2.24) is 10.2 Å². The third kappa shape index (κ3) is 9.10. The average molecular weight is 667 g/mol. The highest BCUT2D eigenvalue weighted by Crippen LogP contribution is 2.29. The Morgan fingerprint density at radius 3 is 2.00 bits per heavy atom. The van der Waals surface area contributed by atoms with Gasteiger partial charge in [0.1, 0.15) is 12.6 Å². The molecule has 0 aliphatic heterocycles. The second-order valence-electron chi connectivity index (χ2n) is 11.9. The molecule has 0 spiro atoms. The van der Waals surface area contributed by atoms with Crippen LogP contribution >= 0.6 is 23.2 Å². The zero-order valence-corrected chi connectivity index (χ0v) is 28.0. The van der Waals surface area contributed by atoms with Crippen molar-refractivity contribution in [3.63, 3.8) is 0 Å². The molecule has 45 heavy (non-hydrogen) atoms. The van der Waals surface area contributed by atoms with E-state index in [1.807, 2.05) is 58.0 Å². The number of benzene rings is 4. The highest BCUT2D eigenvalue weighted by molar-refractivity contribution is 7.92. The number of anilines is 1. The molecule has 2 amide bonds. The minimum atomic E-state index is -4.22. The summed E-state index contributed by atoms with van der Waals surface area (Å²) in [6.07, 6.45) is 0.212. The molecular formula is C35H37Cl2N3O4S. The first kappa shape index (κ1) is 34.0. The van der Waals surface area contributed by atoms with Crippen molar-refractivity contribution >= 4 is 50.7 Å². The van der Waals surface area contributed by atoms with Crippen molar-refractivity contribution in [2.45, 2.75) is 57.1 Å². The SMILES string of the molecule is Cc1ccc(N(CC(=O)N(Cc2ccc(Cl)cc2)[C@@H](Cc2ccccc2)C(=O)NC(C)(C)C)S(=O)(=O)c2ccccc2)cc1Cl. The van der Waals surface area contributed by atoms with E-state index >= 15 is 0 Å². The smallest absolute Gasteiger partial charge is 0.264 e. The summed E-state index contributed by atoms with van der Waals surface area (Å²) in [7, 11) is -4.22. The molecule has 0 saturated heterocycles. The molecule has 236 valence electrons. The van der Waals surface area contributed by atoms with Gasteiger partial charge in [-0.25, -0.2) is 8.42 Å². The zero-order chi connectivity index (χ0) is 32.8. The van der Waals surface area contributed by atoms with Gasteiger partial charge in [0.25, 0.3) is 10.0 Å². The van der Waals surface area contributed by atoms with Gasteiger partial charge in [0.05, 0.1) is 10.6 Å². The first-order valence-corrected chi connectivity index (χ1v) is 16.7. The van der Waals surface area contributed by atoms with Gasteiger partial charge < -0.3 is 10.2 Å². The number of hydrogen-bond acceptors (Lipinski definition) is 4. The van der Waals surface area contributed by atoms with Crippen LogP contribution < -0.4 is 9.62 Å². The quantitative estimate of drug-likeness (QED) is 0.186. The summed E-state index contributed by atoms with van der Waals surface area (Å²) in [5.41, 5.74) is 1.98. The molecule has 0 aliphatic carbocycles. The number of amides is 2. The number of nitrogens with zero attached hydrogens (tertiary/aromatic N) is 2. The van der Waals surface area contributed by atoms with E-state index in [1.165, 1.54) is 23.1 Å². The normalized spacial score (nSPS) is 12.3. The number of carbonyl (C=O) groups excluding carboxylic acids is 2. The molecule has 0 fully saturated rings. The fraction of sp³-hybridized carbons (Fsp3) is 0.257. The Labute approximate surface area is 275 Å². The third-order valence-electron chi connectivity index (χ3n) is 7.09. The lowest BCUT2D eigenvalue weighted by atomic mass is 10.0. The Hall–Kier alpha value is -3.85. The fourth-order valence-electron chi connectivity index (χ4n) is 4.78. The van der Waals surface area contributed by atoms with Crippen molar-refractivity contribution in [3.8, 4) is 0 Å². The molecule has 4 aromatic rings. The van der Waals surface area contributed by atoms with Crippen LogP contribution in [0, 0.1) is 6.92 Å². The summed E-state index contributed by atoms with van der Waals surface area (Å²) in [6.45, 7) is 6.88. The molecule has 7 nitrogen and oxygen atoms in total. The number of halogens is 2. The number of carbonyl (C=O) groups is 2. The van der Waals surface area contributed by atoms with Gasteiger partial charge in [0.2, 0.25) is 11.8 Å². The average Bonchev–Trinajstić information content (AvgIpc) is 3.00. The number of aryl methyl sites for hydroxylation is 1. The molecule has 1 N–H and O–H groups in total. The van der Waals surface area contributed by atoms with Crippen LogP contribution in [-0.4, -0.2) is 43.3 Å². The number of sulfonamides is 1. The van der Waals surface area contributed by atoms with E-state index in [0.29, 0.717) is 10.0 Å². The monoisotopic (exact) mass is 665 g/mol. The van der Waals surface area contributed by atoms with Gasteiger partial charge in [-0.15, -0.1) is 0 Å². The lowest BCUT2D eigenvalue weighted by Crippen LogP contribution is -2.56. The fourth-order valence-corrected chi connectivity index (χ4v) is 6.51. The highest BCUT2D eigenvalue weighted by atomic mass is 35.5. The van der Waals surface area contributed by atoms with E-state index in [2.05, 4.69) is 5.32 Å². The summed E-state index contributed by atoms with van der Waals surface area (Å²) in [4.78, 5) is 29.9. The molecule has 0 aliphatic rings. The largest absolute Gasteiger partial charge is 0.350 e. The van der Waals surface area contributed by atoms with Gasteiger partial charge in [-0.3, -0.25) is 13.9 Å². The second-order valence-corrected chi connectivity index (χ2v) is 14.6. The number of rotatable bonds is 11. The van der Waals surface area contributed by atoms with Gasteiger partial charge in [-0.05, 0) is 80.8 Å². The predicted molar refractivity (Wildman–Crippen MR) is 181 cm³/mol. The molecular weight excluding hydrogens is 629 g/mol. The standard InChI is InChI=1S/C35H37Cl2N3O4S/c1-25-15-20-29(22-31(25)37)40(45(43,44)30-13-9-6-10-14-30)24-33(41)39(23-27-16-18-28(36)19-17-27)32(34(42)38-35(2,3)4)21-26-11-7-5-8-12-26/h5-20,22,32H,21,23-24H2,1-4H3,(H,38,42)/t32-/m0/s1. The van der Waals surface area contributed by atoms with Crippen LogP contribution in [-0.2, 0) is 32.6 Å². The van der Waals surface area contributed by atoms with Gasteiger partial charge >= 0.3 is 0 Å². The molecule has 0 saturated carbocycles. The van der Waals surface area contributed by atoms with E-state index < -0.39 is 34.1 Å². The first-order valence-electron chi connectivity index (χ1n) is 14.5. The van der Waals surface area contributed by atoms with Gasteiger partial charge in [0, 0.05) is 28.5 Å². The van der Waals surface area contributed by atoms with E-state index in [4.69, 9.17) is 23.2 Å². The summed E-state index contributed by atoms with van der Waals surface area (Å²) < 4.78 is 29.2. The van der Waals surface area contributed by atoms with Gasteiger partial charge in [-0.1, -0.05) is 89.9 Å². The maximum Gasteiger partial charge on any atom is 0.264 e. The molecule has 1 atom stereocenters. The van der Waals surface area contributed by atoms with Crippen molar-refractivity contribution in [2.75, 3.05) is 10.8 Å². The number of nitrogens with one attached hydrogen (secondary N) is 1. The molecule has 0 aromatic heterocycles. The molecule has 0 radical (unpaired) electrons. The van der Waals surface area contributed by atoms with E-state index in [-0.39, 0.29) is 29.5 Å². The van der Waals surface area contributed by atoms with E-state index in [1.54, 1.807) is 54.6 Å². The minimum absolute atomic E-state index is 0.0186. The lowest BCUT2D eigenvalue weighted by molar-refractivity contribution is -0.140. The Kier molecular flexibility index (Phi) is 11.0. The molecule has 4 aromatic carbocycles. The Morgan fingerprint density at radius 2 is 1.42 bits per heavy atom. The van der Waals surface area contributed by atoms with Crippen LogP contribution in [0.25, 0.3) is 0 Å². The topological polar surface area (TPSA) is 86.8 Å². The minimum Gasteiger partial charge on any atom is -0.350 e. The Bertz CT molecular complexity index is 1730. The van der Waals surface area contributed by atoms with Gasteiger partial charge in [-0.2, -0.15) is 0 Å². The Balaban J connectivity index is 1.82. The van der Waals surface area contributed by atoms with E-state index in [9.17, 15) is 18.0 Å². The molecule has 0 bridgehead atoms. The summed E-state index contributed by atoms with van der Waals surface area (Å²) >= 11 is 12.6. The van der Waals surface area contributed by atoms with Crippen LogP contribution in [0.1, 0.15) is 37.5 Å². The maximum atomic E-state index is 14.5. The van der Waals surface area contributed by atoms with Crippen LogP contribution in [0.2, 0.25) is 10.0 Å². The Morgan fingerprint density at radius 1 is 0.822 bits per heavy atom. The van der Waals surface area contributed by atoms with Crippen LogP contribution in [0.4, 0.5) is 5.69 Å². The maximum absolute atomic E-state index is 14.5. The molecule has 0 heterocycles. The van der Waals surface area contributed by atoms with Crippen molar-refractivity contribution < 1.29 is 18.0 Å². The molecule has 4 rings (SSSR count). The van der Waals surface area contributed by atoms with Crippen LogP contribution in [0.5, 0.6) is 0 Å². The third-order valence-corrected chi connectivity index (χ3v) is 9.54. The van der Waals surface area contributed by atoms with Crippen molar-refractivity contribution in [1.29, 1.82) is 0 Å². The van der Waals surface area contributed by atoms with Gasteiger partial charge in [0.15, 0.2) is 0 Å². The number of hydrogen-bond donors (Lipinski definition) is 1. The molecule has 0 unspecified atom stereocenters. The second kappa shape index (κ2) is 14.5.